The van der Waals surface area contributed by atoms with Crippen LogP contribution in [0.3, 0.4) is 0 Å². The van der Waals surface area contributed by atoms with Crippen molar-refractivity contribution in [1.82, 2.24) is 0 Å². The van der Waals surface area contributed by atoms with Crippen LogP contribution in [0.4, 0.5) is 5.69 Å². The molecule has 3 rings (SSSR count). The Balaban J connectivity index is 1.34. The predicted octanol–water partition coefficient (Wildman–Crippen LogP) is 0.794. The largest absolute Gasteiger partial charge is 0.488 e. The number of halogens is 2. The van der Waals surface area contributed by atoms with Crippen LogP contribution in [0, 0.1) is 0 Å². The maximum absolute atomic E-state index is 12.2. The molecule has 0 radical (unpaired) electrons. The van der Waals surface area contributed by atoms with E-state index in [1.807, 2.05) is 42.5 Å². The normalized spacial score (nSPS) is 19.5. The van der Waals surface area contributed by atoms with Gasteiger partial charge in [0.05, 0.1) is 10.7 Å². The van der Waals surface area contributed by atoms with Crippen molar-refractivity contribution in [2.24, 2.45) is 0 Å². The monoisotopic (exact) mass is 409 g/mol. The topological polar surface area (TPSA) is 47.2 Å². The van der Waals surface area contributed by atoms with Gasteiger partial charge in [0, 0.05) is 5.02 Å². The maximum Gasteiger partial charge on any atom is 0.279 e. The van der Waals surface area contributed by atoms with Gasteiger partial charge >= 0.3 is 0 Å². The number of benzene rings is 2. The van der Waals surface area contributed by atoms with Crippen LogP contribution in [0.2, 0.25) is 10.0 Å². The van der Waals surface area contributed by atoms with Gasteiger partial charge in [0.1, 0.15) is 45.1 Å². The summed E-state index contributed by atoms with van der Waals surface area (Å²) in [5, 5.41) is 4.18. The number of amides is 1. The minimum atomic E-state index is 0.00706. The van der Waals surface area contributed by atoms with E-state index in [2.05, 4.69) is 5.32 Å². The SMILES string of the molecule is O=C(C[NH+]1CC[NH+](CCOc2ccc(Cl)cc2)CC1)Nc1ccccc1Cl. The van der Waals surface area contributed by atoms with Gasteiger partial charge in [0.25, 0.3) is 5.91 Å². The number of anilines is 1. The number of ether oxygens (including phenoxy) is 1. The molecule has 0 spiro atoms. The molecule has 0 aliphatic carbocycles. The van der Waals surface area contributed by atoms with Crippen molar-refractivity contribution >= 4 is 34.8 Å². The van der Waals surface area contributed by atoms with Gasteiger partial charge in [-0.25, -0.2) is 0 Å². The molecular formula is C20H25Cl2N3O2+2. The van der Waals surface area contributed by atoms with E-state index in [9.17, 15) is 4.79 Å². The van der Waals surface area contributed by atoms with E-state index in [4.69, 9.17) is 27.9 Å². The molecule has 1 fully saturated rings. The fraction of sp³-hybridized carbons (Fsp3) is 0.350. The molecule has 3 N–H and O–H groups in total. The van der Waals surface area contributed by atoms with Crippen molar-refractivity contribution < 1.29 is 19.3 Å². The van der Waals surface area contributed by atoms with Crippen molar-refractivity contribution in [3.05, 3.63) is 58.6 Å². The van der Waals surface area contributed by atoms with E-state index in [1.54, 1.807) is 6.07 Å². The molecule has 7 heteroatoms. The highest BCUT2D eigenvalue weighted by molar-refractivity contribution is 6.33. The number of carbonyl (C=O) groups is 1. The average molecular weight is 410 g/mol. The van der Waals surface area contributed by atoms with Crippen molar-refractivity contribution in [3.63, 3.8) is 0 Å². The lowest BCUT2D eigenvalue weighted by molar-refractivity contribution is -1.01. The molecule has 27 heavy (non-hydrogen) atoms. The Labute approximate surface area is 169 Å². The number of hydrogen-bond acceptors (Lipinski definition) is 2. The Hall–Kier alpha value is -1.79. The van der Waals surface area contributed by atoms with Crippen LogP contribution in [0.1, 0.15) is 0 Å². The summed E-state index contributed by atoms with van der Waals surface area (Å²) in [5.41, 5.74) is 0.673. The zero-order valence-corrected chi connectivity index (χ0v) is 16.7. The predicted molar refractivity (Wildman–Crippen MR) is 108 cm³/mol. The third kappa shape index (κ3) is 6.40. The summed E-state index contributed by atoms with van der Waals surface area (Å²) in [5.74, 6) is 0.854. The van der Waals surface area contributed by atoms with E-state index in [0.717, 1.165) is 38.5 Å². The second kappa shape index (κ2) is 9.95. The molecule has 2 aromatic rings. The summed E-state index contributed by atoms with van der Waals surface area (Å²) >= 11 is 12.0. The quantitative estimate of drug-likeness (QED) is 0.633. The van der Waals surface area contributed by atoms with Crippen molar-refractivity contribution in [2.75, 3.05) is 51.2 Å². The lowest BCUT2D eigenvalue weighted by atomic mass is 10.3. The zero-order valence-electron chi connectivity index (χ0n) is 15.1. The fourth-order valence-electron chi connectivity index (χ4n) is 3.21. The van der Waals surface area contributed by atoms with Crippen LogP contribution < -0.4 is 19.9 Å². The van der Waals surface area contributed by atoms with Crippen molar-refractivity contribution in [3.8, 4) is 5.75 Å². The second-order valence-corrected chi connectivity index (χ2v) is 7.60. The van der Waals surface area contributed by atoms with E-state index < -0.39 is 0 Å². The van der Waals surface area contributed by atoms with Crippen LogP contribution in [-0.4, -0.2) is 51.8 Å². The van der Waals surface area contributed by atoms with Crippen molar-refractivity contribution in [1.29, 1.82) is 0 Å². The number of nitrogens with one attached hydrogen (secondary N) is 3. The minimum absolute atomic E-state index is 0.00706. The molecule has 5 nitrogen and oxygen atoms in total. The van der Waals surface area contributed by atoms with Crippen LogP contribution in [0.25, 0.3) is 0 Å². The summed E-state index contributed by atoms with van der Waals surface area (Å²) in [6, 6.07) is 14.7. The first-order valence-corrected chi connectivity index (χ1v) is 9.95. The lowest BCUT2D eigenvalue weighted by Gasteiger charge is -2.29. The summed E-state index contributed by atoms with van der Waals surface area (Å²) in [7, 11) is 0. The minimum Gasteiger partial charge on any atom is -0.488 e. The van der Waals surface area contributed by atoms with Crippen LogP contribution >= 0.6 is 23.2 Å². The smallest absolute Gasteiger partial charge is 0.279 e. The van der Waals surface area contributed by atoms with Gasteiger partial charge in [-0.05, 0) is 36.4 Å². The third-order valence-electron chi connectivity index (χ3n) is 4.76. The Bertz CT molecular complexity index is 747. The number of hydrogen-bond donors (Lipinski definition) is 3. The Morgan fingerprint density at radius 3 is 2.33 bits per heavy atom. The second-order valence-electron chi connectivity index (χ2n) is 6.76. The molecule has 1 aliphatic heterocycles. The van der Waals surface area contributed by atoms with E-state index in [0.29, 0.717) is 28.9 Å². The lowest BCUT2D eigenvalue weighted by Crippen LogP contribution is -3.28. The van der Waals surface area contributed by atoms with Gasteiger partial charge in [-0.15, -0.1) is 0 Å². The first-order chi connectivity index (χ1) is 13.1. The van der Waals surface area contributed by atoms with Gasteiger partial charge in [0.15, 0.2) is 6.54 Å². The molecule has 1 aliphatic rings. The molecule has 0 aromatic heterocycles. The summed E-state index contributed by atoms with van der Waals surface area (Å²) in [6.07, 6.45) is 0. The molecule has 0 saturated carbocycles. The van der Waals surface area contributed by atoms with Gasteiger partial charge < -0.3 is 19.9 Å². The van der Waals surface area contributed by atoms with Crippen LogP contribution in [0.5, 0.6) is 5.75 Å². The van der Waals surface area contributed by atoms with Gasteiger partial charge in [-0.2, -0.15) is 0 Å². The fourth-order valence-corrected chi connectivity index (χ4v) is 3.52. The first kappa shape index (κ1) is 20.0. The average Bonchev–Trinajstić information content (AvgIpc) is 2.67. The van der Waals surface area contributed by atoms with E-state index in [1.165, 1.54) is 9.80 Å². The Morgan fingerprint density at radius 1 is 0.963 bits per heavy atom. The number of quaternary nitrogens is 2. The molecular weight excluding hydrogens is 385 g/mol. The Morgan fingerprint density at radius 2 is 1.63 bits per heavy atom. The molecule has 144 valence electrons. The summed E-state index contributed by atoms with van der Waals surface area (Å²) < 4.78 is 5.77. The molecule has 0 atom stereocenters. The van der Waals surface area contributed by atoms with Gasteiger partial charge in [-0.3, -0.25) is 4.79 Å². The molecule has 1 heterocycles. The number of para-hydroxylation sites is 1. The standard InChI is InChI=1S/C20H23Cl2N3O2/c21-16-5-7-17(8-6-16)27-14-13-24-9-11-25(12-10-24)15-20(26)23-19-4-2-1-3-18(19)22/h1-8H,9-15H2,(H,23,26)/p+2. The van der Waals surface area contributed by atoms with Gasteiger partial charge in [-0.1, -0.05) is 35.3 Å². The number of carbonyl (C=O) groups excluding carboxylic acids is 1. The van der Waals surface area contributed by atoms with Crippen LogP contribution in [-0.2, 0) is 4.79 Å². The highest BCUT2D eigenvalue weighted by Gasteiger charge is 2.24. The van der Waals surface area contributed by atoms with Crippen LogP contribution in [0.15, 0.2) is 48.5 Å². The molecule has 2 aromatic carbocycles. The van der Waals surface area contributed by atoms with Crippen molar-refractivity contribution in [2.45, 2.75) is 0 Å². The molecule has 0 unspecified atom stereocenters. The Kier molecular flexibility index (Phi) is 7.35. The number of rotatable bonds is 7. The van der Waals surface area contributed by atoms with Gasteiger partial charge in [0.2, 0.25) is 0 Å². The third-order valence-corrected chi connectivity index (χ3v) is 5.34. The molecule has 0 bridgehead atoms. The zero-order chi connectivity index (χ0) is 19.1. The first-order valence-electron chi connectivity index (χ1n) is 9.20. The highest BCUT2D eigenvalue weighted by atomic mass is 35.5. The summed E-state index contributed by atoms with van der Waals surface area (Å²) in [4.78, 5) is 15.1. The summed E-state index contributed by atoms with van der Waals surface area (Å²) in [6.45, 7) is 6.15. The molecule has 1 saturated heterocycles. The van der Waals surface area contributed by atoms with E-state index >= 15 is 0 Å². The maximum atomic E-state index is 12.2. The number of piperazine rings is 1. The van der Waals surface area contributed by atoms with E-state index in [-0.39, 0.29) is 5.91 Å². The molecule has 1 amide bonds. The highest BCUT2D eigenvalue weighted by Crippen LogP contribution is 2.19.